The molecule has 1 aromatic heterocycles. The lowest BCUT2D eigenvalue weighted by molar-refractivity contribution is 0.419. The smallest absolute Gasteiger partial charge is 0.128 e. The zero-order valence-electron chi connectivity index (χ0n) is 8.73. The Balaban J connectivity index is 2.71. The first-order chi connectivity index (χ1) is 7.27. The normalized spacial score (nSPS) is 10.9. The third-order valence-corrected chi connectivity index (χ3v) is 2.73. The Kier molecular flexibility index (Phi) is 2.84. The third kappa shape index (κ3) is 1.68. The van der Waals surface area contributed by atoms with Crippen molar-refractivity contribution in [1.29, 1.82) is 0 Å². The molecule has 3 nitrogen and oxygen atoms in total. The van der Waals surface area contributed by atoms with Crippen LogP contribution in [0.15, 0.2) is 18.2 Å². The summed E-state index contributed by atoms with van der Waals surface area (Å²) < 4.78 is 5.32. The molecule has 2 rings (SSSR count). The van der Waals surface area contributed by atoms with Gasteiger partial charge in [0.05, 0.1) is 12.6 Å². The fraction of sp³-hybridized carbons (Fsp3) is 0.273. The van der Waals surface area contributed by atoms with Crippen molar-refractivity contribution in [2.24, 2.45) is 0 Å². The Morgan fingerprint density at radius 1 is 1.47 bits per heavy atom. The molecule has 0 amide bonds. The zero-order valence-corrected chi connectivity index (χ0v) is 9.48. The number of ether oxygens (including phenoxy) is 1. The van der Waals surface area contributed by atoms with E-state index in [0.29, 0.717) is 5.15 Å². The first-order valence-corrected chi connectivity index (χ1v) is 5.13. The molecule has 1 heterocycles. The van der Waals surface area contributed by atoms with E-state index in [4.69, 9.17) is 16.3 Å². The van der Waals surface area contributed by atoms with Gasteiger partial charge in [0.1, 0.15) is 10.9 Å². The van der Waals surface area contributed by atoms with Crippen LogP contribution in [0, 0.1) is 0 Å². The number of methoxy groups -OCH3 is 1. The zero-order chi connectivity index (χ0) is 10.8. The van der Waals surface area contributed by atoms with Gasteiger partial charge in [0.2, 0.25) is 0 Å². The number of nitrogens with one attached hydrogen (secondary N) is 2. The standard InChI is InChI=1S/C11H13ClN2O/c1-13-6-7-10-8(14-11(7)12)4-3-5-9(10)15-2/h3-5,13-14H,6H2,1-2H3. The number of halogens is 1. The molecule has 1 aromatic carbocycles. The van der Waals surface area contributed by atoms with Crippen molar-refractivity contribution in [1.82, 2.24) is 10.3 Å². The van der Waals surface area contributed by atoms with Crippen LogP contribution < -0.4 is 10.1 Å². The number of H-pyrrole nitrogens is 1. The summed E-state index contributed by atoms with van der Waals surface area (Å²) in [6, 6.07) is 5.87. The number of hydrogen-bond donors (Lipinski definition) is 2. The highest BCUT2D eigenvalue weighted by atomic mass is 35.5. The molecule has 15 heavy (non-hydrogen) atoms. The van der Waals surface area contributed by atoms with Gasteiger partial charge < -0.3 is 15.0 Å². The number of hydrogen-bond acceptors (Lipinski definition) is 2. The minimum atomic E-state index is 0.670. The van der Waals surface area contributed by atoms with Crippen molar-refractivity contribution in [2.45, 2.75) is 6.54 Å². The lowest BCUT2D eigenvalue weighted by atomic mass is 10.1. The van der Waals surface area contributed by atoms with E-state index in [1.165, 1.54) is 0 Å². The van der Waals surface area contributed by atoms with E-state index in [9.17, 15) is 0 Å². The van der Waals surface area contributed by atoms with Crippen LogP contribution in [0.3, 0.4) is 0 Å². The minimum Gasteiger partial charge on any atom is -0.496 e. The van der Waals surface area contributed by atoms with Gasteiger partial charge in [-0.25, -0.2) is 0 Å². The Morgan fingerprint density at radius 3 is 2.93 bits per heavy atom. The molecule has 0 saturated heterocycles. The Hall–Kier alpha value is -1.19. The fourth-order valence-corrected chi connectivity index (χ4v) is 2.03. The predicted molar refractivity (Wildman–Crippen MR) is 62.6 cm³/mol. The van der Waals surface area contributed by atoms with Crippen LogP contribution in [-0.2, 0) is 6.54 Å². The molecule has 0 fully saturated rings. The molecule has 0 spiro atoms. The van der Waals surface area contributed by atoms with Crippen molar-refractivity contribution in [3.8, 4) is 5.75 Å². The monoisotopic (exact) mass is 224 g/mol. The molecule has 0 aliphatic heterocycles. The van der Waals surface area contributed by atoms with Gasteiger partial charge in [0.15, 0.2) is 0 Å². The van der Waals surface area contributed by atoms with E-state index in [2.05, 4.69) is 10.3 Å². The first kappa shape index (κ1) is 10.3. The molecule has 0 bridgehead atoms. The summed E-state index contributed by atoms with van der Waals surface area (Å²) in [7, 11) is 3.56. The third-order valence-electron chi connectivity index (χ3n) is 2.41. The fourth-order valence-electron chi connectivity index (χ4n) is 1.76. The van der Waals surface area contributed by atoms with Crippen molar-refractivity contribution in [3.63, 3.8) is 0 Å². The van der Waals surface area contributed by atoms with Crippen molar-refractivity contribution >= 4 is 22.5 Å². The summed E-state index contributed by atoms with van der Waals surface area (Å²) in [5, 5.41) is 4.82. The van der Waals surface area contributed by atoms with E-state index in [-0.39, 0.29) is 0 Å². The van der Waals surface area contributed by atoms with E-state index >= 15 is 0 Å². The summed E-state index contributed by atoms with van der Waals surface area (Å²) in [4.78, 5) is 3.13. The van der Waals surface area contributed by atoms with Gasteiger partial charge in [0.25, 0.3) is 0 Å². The van der Waals surface area contributed by atoms with Crippen LogP contribution in [0.2, 0.25) is 5.15 Å². The van der Waals surface area contributed by atoms with Crippen LogP contribution in [0.4, 0.5) is 0 Å². The van der Waals surface area contributed by atoms with Crippen molar-refractivity contribution in [3.05, 3.63) is 28.9 Å². The second-order valence-corrected chi connectivity index (χ2v) is 3.71. The molecule has 0 aliphatic rings. The highest BCUT2D eigenvalue weighted by molar-refractivity contribution is 6.31. The molecule has 0 unspecified atom stereocenters. The summed E-state index contributed by atoms with van der Waals surface area (Å²) in [5.41, 5.74) is 2.05. The lowest BCUT2D eigenvalue weighted by Gasteiger charge is -2.04. The van der Waals surface area contributed by atoms with Gasteiger partial charge in [-0.1, -0.05) is 17.7 Å². The van der Waals surface area contributed by atoms with Gasteiger partial charge in [0, 0.05) is 17.5 Å². The molecule has 0 radical (unpaired) electrons. The van der Waals surface area contributed by atoms with Crippen LogP contribution in [0.1, 0.15) is 5.56 Å². The maximum Gasteiger partial charge on any atom is 0.128 e. The molecule has 0 saturated carbocycles. The molecule has 4 heteroatoms. The lowest BCUT2D eigenvalue weighted by Crippen LogP contribution is -2.05. The number of benzene rings is 1. The van der Waals surface area contributed by atoms with Gasteiger partial charge in [-0.2, -0.15) is 0 Å². The van der Waals surface area contributed by atoms with Crippen LogP contribution in [0.5, 0.6) is 5.75 Å². The van der Waals surface area contributed by atoms with Crippen LogP contribution in [-0.4, -0.2) is 19.1 Å². The van der Waals surface area contributed by atoms with E-state index in [1.807, 2.05) is 25.2 Å². The van der Waals surface area contributed by atoms with E-state index in [1.54, 1.807) is 7.11 Å². The number of aromatic nitrogens is 1. The molecular weight excluding hydrogens is 212 g/mol. The van der Waals surface area contributed by atoms with Gasteiger partial charge >= 0.3 is 0 Å². The molecule has 2 N–H and O–H groups in total. The van der Waals surface area contributed by atoms with Gasteiger partial charge in [-0.15, -0.1) is 0 Å². The average Bonchev–Trinajstić information content (AvgIpc) is 2.56. The number of rotatable bonds is 3. The molecule has 0 atom stereocenters. The Labute approximate surface area is 93.4 Å². The van der Waals surface area contributed by atoms with Crippen molar-refractivity contribution in [2.75, 3.05) is 14.2 Å². The second-order valence-electron chi connectivity index (χ2n) is 3.33. The summed E-state index contributed by atoms with van der Waals surface area (Å²) in [6.07, 6.45) is 0. The average molecular weight is 225 g/mol. The summed E-state index contributed by atoms with van der Waals surface area (Å²) in [6.45, 7) is 0.721. The molecule has 0 aliphatic carbocycles. The quantitative estimate of drug-likeness (QED) is 0.841. The molecule has 2 aromatic rings. The molecular formula is C11H13ClN2O. The highest BCUT2D eigenvalue weighted by Crippen LogP contribution is 2.33. The van der Waals surface area contributed by atoms with Crippen molar-refractivity contribution < 1.29 is 4.74 Å². The number of aromatic amines is 1. The predicted octanol–water partition coefficient (Wildman–Crippen LogP) is 2.55. The SMILES string of the molecule is CNCc1c(Cl)[nH]c2cccc(OC)c12. The van der Waals surface area contributed by atoms with Crippen LogP contribution in [0.25, 0.3) is 10.9 Å². The summed E-state index contributed by atoms with van der Waals surface area (Å²) in [5.74, 6) is 0.848. The largest absolute Gasteiger partial charge is 0.496 e. The van der Waals surface area contributed by atoms with Gasteiger partial charge in [-0.05, 0) is 19.2 Å². The van der Waals surface area contributed by atoms with Crippen LogP contribution >= 0.6 is 11.6 Å². The maximum absolute atomic E-state index is 6.12. The van der Waals surface area contributed by atoms with E-state index < -0.39 is 0 Å². The maximum atomic E-state index is 6.12. The first-order valence-electron chi connectivity index (χ1n) is 4.75. The topological polar surface area (TPSA) is 37.0 Å². The Morgan fingerprint density at radius 2 is 2.27 bits per heavy atom. The van der Waals surface area contributed by atoms with Gasteiger partial charge in [-0.3, -0.25) is 0 Å². The molecule has 80 valence electrons. The highest BCUT2D eigenvalue weighted by Gasteiger charge is 2.12. The number of fused-ring (bicyclic) bond motifs is 1. The Bertz CT molecular complexity index is 479. The van der Waals surface area contributed by atoms with E-state index in [0.717, 1.165) is 28.8 Å². The second kappa shape index (κ2) is 4.13. The summed E-state index contributed by atoms with van der Waals surface area (Å²) >= 11 is 6.12. The minimum absolute atomic E-state index is 0.670.